The molecule has 106 valence electrons. The van der Waals surface area contributed by atoms with Gasteiger partial charge in [0.2, 0.25) is 0 Å². The molecule has 0 amide bonds. The summed E-state index contributed by atoms with van der Waals surface area (Å²) in [5, 5.41) is 0. The van der Waals surface area contributed by atoms with E-state index in [-0.39, 0.29) is 0 Å². The molecule has 1 unspecified atom stereocenters. The number of nitrogens with zero attached hydrogens (tertiary/aromatic N) is 2. The van der Waals surface area contributed by atoms with Gasteiger partial charge in [0.05, 0.1) is 0 Å². The number of nitrogens with two attached hydrogens (primary N) is 1. The van der Waals surface area contributed by atoms with Crippen LogP contribution in [0.25, 0.3) is 0 Å². The number of likely N-dealkylation sites (N-methyl/N-ethyl adjacent to an activating group) is 1. The third-order valence-electron chi connectivity index (χ3n) is 5.24. The zero-order valence-corrected chi connectivity index (χ0v) is 12.3. The first-order valence-corrected chi connectivity index (χ1v) is 7.82. The molecule has 1 atom stereocenters. The fourth-order valence-electron chi connectivity index (χ4n) is 3.80. The monoisotopic (exact) mass is 253 g/mol. The smallest absolute Gasteiger partial charge is 0.0218 e. The van der Waals surface area contributed by atoms with Crippen molar-refractivity contribution in [3.05, 3.63) is 0 Å². The highest BCUT2D eigenvalue weighted by molar-refractivity contribution is 4.89. The zero-order chi connectivity index (χ0) is 13.0. The van der Waals surface area contributed by atoms with E-state index < -0.39 is 0 Å². The van der Waals surface area contributed by atoms with Gasteiger partial charge in [-0.05, 0) is 38.3 Å². The predicted octanol–water partition coefficient (Wildman–Crippen LogP) is 1.92. The summed E-state index contributed by atoms with van der Waals surface area (Å²) in [7, 11) is 2.27. The van der Waals surface area contributed by atoms with Crippen molar-refractivity contribution in [2.45, 2.75) is 51.5 Å². The Morgan fingerprint density at radius 3 is 2.50 bits per heavy atom. The van der Waals surface area contributed by atoms with Crippen LogP contribution in [0.3, 0.4) is 0 Å². The molecule has 2 rings (SSSR count). The van der Waals surface area contributed by atoms with Gasteiger partial charge < -0.3 is 10.6 Å². The summed E-state index contributed by atoms with van der Waals surface area (Å²) >= 11 is 0. The lowest BCUT2D eigenvalue weighted by molar-refractivity contribution is 0.0443. The number of hydrogen-bond acceptors (Lipinski definition) is 3. The van der Waals surface area contributed by atoms with Crippen LogP contribution in [0.5, 0.6) is 0 Å². The molecule has 1 heterocycles. The summed E-state index contributed by atoms with van der Waals surface area (Å²) in [6.45, 7) is 8.14. The molecule has 1 saturated carbocycles. The lowest BCUT2D eigenvalue weighted by Crippen LogP contribution is -2.55. The van der Waals surface area contributed by atoms with Crippen molar-refractivity contribution in [3.63, 3.8) is 0 Å². The van der Waals surface area contributed by atoms with E-state index in [4.69, 9.17) is 5.73 Å². The fraction of sp³-hybridized carbons (Fsp3) is 1.00. The van der Waals surface area contributed by atoms with Gasteiger partial charge in [0.15, 0.2) is 0 Å². The molecule has 18 heavy (non-hydrogen) atoms. The van der Waals surface area contributed by atoms with E-state index in [0.717, 1.165) is 12.6 Å². The van der Waals surface area contributed by atoms with Crippen LogP contribution in [0.1, 0.15) is 45.4 Å². The molecule has 2 N–H and O–H groups in total. The van der Waals surface area contributed by atoms with Crippen molar-refractivity contribution >= 4 is 0 Å². The Hall–Kier alpha value is -0.120. The highest BCUT2D eigenvalue weighted by Gasteiger charge is 2.34. The lowest BCUT2D eigenvalue weighted by Gasteiger charge is -2.45. The minimum absolute atomic E-state index is 0.437. The number of hydrogen-bond donors (Lipinski definition) is 1. The van der Waals surface area contributed by atoms with E-state index in [9.17, 15) is 0 Å². The molecule has 3 nitrogen and oxygen atoms in total. The first-order chi connectivity index (χ1) is 8.69. The van der Waals surface area contributed by atoms with Crippen molar-refractivity contribution in [2.24, 2.45) is 11.1 Å². The Bertz CT molecular complexity index is 248. The van der Waals surface area contributed by atoms with Crippen LogP contribution in [0, 0.1) is 5.41 Å². The van der Waals surface area contributed by atoms with Crippen LogP contribution in [0.15, 0.2) is 0 Å². The van der Waals surface area contributed by atoms with Crippen molar-refractivity contribution in [1.82, 2.24) is 9.80 Å². The number of rotatable bonds is 4. The third-order valence-corrected chi connectivity index (χ3v) is 5.24. The van der Waals surface area contributed by atoms with Gasteiger partial charge in [-0.1, -0.05) is 26.2 Å². The van der Waals surface area contributed by atoms with E-state index in [0.29, 0.717) is 5.41 Å². The minimum atomic E-state index is 0.437. The van der Waals surface area contributed by atoms with Gasteiger partial charge in [-0.3, -0.25) is 4.90 Å². The number of piperazine rings is 1. The largest absolute Gasteiger partial charge is 0.330 e. The van der Waals surface area contributed by atoms with Gasteiger partial charge in [-0.2, -0.15) is 0 Å². The summed E-state index contributed by atoms with van der Waals surface area (Å²) in [6.07, 6.45) is 8.17. The molecule has 0 bridgehead atoms. The lowest BCUT2D eigenvalue weighted by atomic mass is 9.73. The highest BCUT2D eigenvalue weighted by atomic mass is 15.3. The van der Waals surface area contributed by atoms with Crippen LogP contribution in [0.2, 0.25) is 0 Å². The molecular weight excluding hydrogens is 222 g/mol. The maximum absolute atomic E-state index is 6.11. The Labute approximate surface area is 113 Å². The van der Waals surface area contributed by atoms with Crippen molar-refractivity contribution < 1.29 is 0 Å². The van der Waals surface area contributed by atoms with E-state index in [1.54, 1.807) is 0 Å². The molecule has 0 spiro atoms. The van der Waals surface area contributed by atoms with Crippen LogP contribution >= 0.6 is 0 Å². The Morgan fingerprint density at radius 1 is 1.17 bits per heavy atom. The van der Waals surface area contributed by atoms with Gasteiger partial charge in [0.25, 0.3) is 0 Å². The van der Waals surface area contributed by atoms with Crippen molar-refractivity contribution in [1.29, 1.82) is 0 Å². The summed E-state index contributed by atoms with van der Waals surface area (Å²) < 4.78 is 0. The molecule has 2 fully saturated rings. The Balaban J connectivity index is 1.91. The molecule has 1 aliphatic heterocycles. The summed E-state index contributed by atoms with van der Waals surface area (Å²) in [4.78, 5) is 5.21. The Kier molecular flexibility index (Phi) is 5.05. The van der Waals surface area contributed by atoms with E-state index >= 15 is 0 Å². The molecule has 0 aromatic heterocycles. The molecule has 2 aliphatic rings. The Morgan fingerprint density at radius 2 is 1.89 bits per heavy atom. The quantitative estimate of drug-likeness (QED) is 0.831. The van der Waals surface area contributed by atoms with Gasteiger partial charge in [0, 0.05) is 32.2 Å². The third kappa shape index (κ3) is 3.25. The second-order valence-electron chi connectivity index (χ2n) is 6.54. The average Bonchev–Trinajstić information content (AvgIpc) is 2.42. The normalized spacial score (nSPS) is 30.5. The molecule has 0 radical (unpaired) electrons. The zero-order valence-electron chi connectivity index (χ0n) is 12.3. The van der Waals surface area contributed by atoms with Crippen molar-refractivity contribution in [3.8, 4) is 0 Å². The summed E-state index contributed by atoms with van der Waals surface area (Å²) in [6, 6.07) is 0.747. The SMILES string of the molecule is CCC1CN(CC2(CN)CCCCC2)CCN1C. The van der Waals surface area contributed by atoms with Crippen LogP contribution in [0.4, 0.5) is 0 Å². The maximum Gasteiger partial charge on any atom is 0.0218 e. The predicted molar refractivity (Wildman–Crippen MR) is 77.7 cm³/mol. The molecular formula is C15H31N3. The average molecular weight is 253 g/mol. The summed E-state index contributed by atoms with van der Waals surface area (Å²) in [5.41, 5.74) is 6.55. The van der Waals surface area contributed by atoms with Gasteiger partial charge in [-0.15, -0.1) is 0 Å². The second kappa shape index (κ2) is 6.36. The molecule has 1 saturated heterocycles. The maximum atomic E-state index is 6.11. The topological polar surface area (TPSA) is 32.5 Å². The van der Waals surface area contributed by atoms with E-state index in [1.165, 1.54) is 64.7 Å². The van der Waals surface area contributed by atoms with Crippen LogP contribution in [-0.2, 0) is 0 Å². The minimum Gasteiger partial charge on any atom is -0.330 e. The van der Waals surface area contributed by atoms with Gasteiger partial charge in [0.1, 0.15) is 0 Å². The van der Waals surface area contributed by atoms with Crippen LogP contribution < -0.4 is 5.73 Å². The first-order valence-electron chi connectivity index (χ1n) is 7.82. The molecule has 0 aromatic rings. The first kappa shape index (κ1) is 14.3. The van der Waals surface area contributed by atoms with Gasteiger partial charge >= 0.3 is 0 Å². The standard InChI is InChI=1S/C15H31N3/c1-3-14-11-18(10-9-17(14)2)13-15(12-16)7-5-4-6-8-15/h14H,3-13,16H2,1-2H3. The molecule has 3 heteroatoms. The van der Waals surface area contributed by atoms with Gasteiger partial charge in [-0.25, -0.2) is 0 Å². The van der Waals surface area contributed by atoms with Crippen molar-refractivity contribution in [2.75, 3.05) is 39.8 Å². The summed E-state index contributed by atoms with van der Waals surface area (Å²) in [5.74, 6) is 0. The van der Waals surface area contributed by atoms with Crippen LogP contribution in [-0.4, -0.2) is 55.6 Å². The molecule has 1 aliphatic carbocycles. The second-order valence-corrected chi connectivity index (χ2v) is 6.54. The molecule has 0 aromatic carbocycles. The fourth-order valence-corrected chi connectivity index (χ4v) is 3.80. The highest BCUT2D eigenvalue weighted by Crippen LogP contribution is 2.36. The van der Waals surface area contributed by atoms with E-state index in [2.05, 4.69) is 23.8 Å². The van der Waals surface area contributed by atoms with E-state index in [1.807, 2.05) is 0 Å².